The molecule has 1 aliphatic rings. The van der Waals surface area contributed by atoms with Gasteiger partial charge in [0.05, 0.1) is 0 Å². The molecule has 0 aromatic heterocycles. The Kier molecular flexibility index (Phi) is 5.14. The number of halogens is 1. The first-order chi connectivity index (χ1) is 14.5. The fraction of sp³-hybridized carbons (Fsp3) is 0.125. The Morgan fingerprint density at radius 3 is 2.33 bits per heavy atom. The van der Waals surface area contributed by atoms with Crippen LogP contribution in [0.3, 0.4) is 0 Å². The summed E-state index contributed by atoms with van der Waals surface area (Å²) in [7, 11) is 0. The first kappa shape index (κ1) is 19.5. The Hall–Kier alpha value is -3.80. The summed E-state index contributed by atoms with van der Waals surface area (Å²) in [6.45, 7) is 2.23. The maximum atomic E-state index is 13.1. The summed E-state index contributed by atoms with van der Waals surface area (Å²) in [6, 6.07) is 19.1. The second kappa shape index (κ2) is 7.91. The lowest BCUT2D eigenvalue weighted by atomic mass is 9.94. The van der Waals surface area contributed by atoms with Crippen molar-refractivity contribution >= 4 is 29.0 Å². The zero-order valence-corrected chi connectivity index (χ0v) is 16.3. The highest BCUT2D eigenvalue weighted by Gasteiger charge is 2.41. The van der Waals surface area contributed by atoms with E-state index in [1.54, 1.807) is 42.5 Å². The van der Waals surface area contributed by atoms with Gasteiger partial charge in [0.25, 0.3) is 0 Å². The molecule has 1 aliphatic heterocycles. The number of amides is 2. The van der Waals surface area contributed by atoms with Crippen LogP contribution >= 0.6 is 0 Å². The predicted octanol–water partition coefficient (Wildman–Crippen LogP) is 4.15. The molecule has 1 N–H and O–H groups in total. The summed E-state index contributed by atoms with van der Waals surface area (Å²) < 4.78 is 13.1. The molecular formula is C24H19FN2O3. The molecule has 1 heterocycles. The first-order valence-corrected chi connectivity index (χ1v) is 9.61. The monoisotopic (exact) mass is 402 g/mol. The Labute approximate surface area is 173 Å². The van der Waals surface area contributed by atoms with Gasteiger partial charge in [-0.05, 0) is 55.0 Å². The SMILES string of the molecule is CCN1C(=O)C(C(=O)Nc2ccc(F)cc2)c2cc(C(=O)c3ccccc3)ccc21. The van der Waals surface area contributed by atoms with Gasteiger partial charge in [0.15, 0.2) is 5.78 Å². The average Bonchev–Trinajstić information content (AvgIpc) is 3.05. The van der Waals surface area contributed by atoms with E-state index in [1.165, 1.54) is 29.2 Å². The molecule has 0 saturated carbocycles. The van der Waals surface area contributed by atoms with Gasteiger partial charge in [0.2, 0.25) is 11.8 Å². The number of rotatable bonds is 5. The van der Waals surface area contributed by atoms with Crippen LogP contribution in [-0.4, -0.2) is 24.1 Å². The molecule has 30 heavy (non-hydrogen) atoms. The zero-order valence-electron chi connectivity index (χ0n) is 16.3. The van der Waals surface area contributed by atoms with Gasteiger partial charge in [-0.3, -0.25) is 14.4 Å². The molecule has 0 bridgehead atoms. The molecule has 150 valence electrons. The topological polar surface area (TPSA) is 66.5 Å². The van der Waals surface area contributed by atoms with E-state index in [1.807, 2.05) is 13.0 Å². The first-order valence-electron chi connectivity index (χ1n) is 9.61. The number of nitrogens with zero attached hydrogens (tertiary/aromatic N) is 1. The van der Waals surface area contributed by atoms with E-state index >= 15 is 0 Å². The summed E-state index contributed by atoms with van der Waals surface area (Å²) in [5.74, 6) is -2.55. The van der Waals surface area contributed by atoms with Crippen molar-refractivity contribution < 1.29 is 18.8 Å². The summed E-state index contributed by atoms with van der Waals surface area (Å²) in [4.78, 5) is 40.3. The van der Waals surface area contributed by atoms with Crippen LogP contribution in [0.4, 0.5) is 15.8 Å². The molecule has 4 rings (SSSR count). The van der Waals surface area contributed by atoms with E-state index in [4.69, 9.17) is 0 Å². The Balaban J connectivity index is 1.69. The van der Waals surface area contributed by atoms with Gasteiger partial charge in [-0.25, -0.2) is 4.39 Å². The minimum Gasteiger partial charge on any atom is -0.325 e. The number of nitrogens with one attached hydrogen (secondary N) is 1. The molecular weight excluding hydrogens is 383 g/mol. The average molecular weight is 402 g/mol. The smallest absolute Gasteiger partial charge is 0.244 e. The van der Waals surface area contributed by atoms with E-state index in [2.05, 4.69) is 5.32 Å². The second-order valence-electron chi connectivity index (χ2n) is 6.98. The van der Waals surface area contributed by atoms with Gasteiger partial charge in [-0.15, -0.1) is 0 Å². The molecule has 1 unspecified atom stereocenters. The largest absolute Gasteiger partial charge is 0.325 e. The molecule has 3 aromatic rings. The number of likely N-dealkylation sites (N-methyl/N-ethyl adjacent to an activating group) is 1. The maximum absolute atomic E-state index is 13.1. The van der Waals surface area contributed by atoms with Crippen molar-refractivity contribution in [3.63, 3.8) is 0 Å². The highest BCUT2D eigenvalue weighted by atomic mass is 19.1. The van der Waals surface area contributed by atoms with Crippen molar-refractivity contribution in [3.8, 4) is 0 Å². The van der Waals surface area contributed by atoms with Gasteiger partial charge in [0, 0.05) is 29.0 Å². The normalized spacial score (nSPS) is 15.1. The Morgan fingerprint density at radius 2 is 1.67 bits per heavy atom. The number of ketones is 1. The van der Waals surface area contributed by atoms with Crippen molar-refractivity contribution in [2.45, 2.75) is 12.8 Å². The van der Waals surface area contributed by atoms with Crippen LogP contribution in [-0.2, 0) is 9.59 Å². The lowest BCUT2D eigenvalue weighted by Gasteiger charge is -2.15. The minimum atomic E-state index is -1.08. The van der Waals surface area contributed by atoms with E-state index in [-0.39, 0.29) is 11.7 Å². The van der Waals surface area contributed by atoms with E-state index in [0.717, 1.165) is 0 Å². The Bertz CT molecular complexity index is 1130. The summed E-state index contributed by atoms with van der Waals surface area (Å²) >= 11 is 0. The van der Waals surface area contributed by atoms with Crippen LogP contribution in [0.1, 0.15) is 34.3 Å². The number of benzene rings is 3. The lowest BCUT2D eigenvalue weighted by molar-refractivity contribution is -0.126. The summed E-state index contributed by atoms with van der Waals surface area (Å²) in [5.41, 5.74) is 2.43. The van der Waals surface area contributed by atoms with Crippen LogP contribution in [0.15, 0.2) is 72.8 Å². The van der Waals surface area contributed by atoms with Gasteiger partial charge in [-0.2, -0.15) is 0 Å². The van der Waals surface area contributed by atoms with Gasteiger partial charge >= 0.3 is 0 Å². The lowest BCUT2D eigenvalue weighted by Crippen LogP contribution is -2.33. The fourth-order valence-electron chi connectivity index (χ4n) is 3.66. The van der Waals surface area contributed by atoms with E-state index in [9.17, 15) is 18.8 Å². The number of hydrogen-bond acceptors (Lipinski definition) is 3. The highest BCUT2D eigenvalue weighted by Crippen LogP contribution is 2.39. The van der Waals surface area contributed by atoms with Gasteiger partial charge in [-0.1, -0.05) is 30.3 Å². The van der Waals surface area contributed by atoms with Crippen LogP contribution in [0.5, 0.6) is 0 Å². The standard InChI is InChI=1S/C24H19FN2O3/c1-2-27-20-13-8-16(22(28)15-6-4-3-5-7-15)14-19(20)21(24(27)30)23(29)26-18-11-9-17(25)10-12-18/h3-14,21H,2H2,1H3,(H,26,29). The van der Waals surface area contributed by atoms with E-state index in [0.29, 0.717) is 34.6 Å². The predicted molar refractivity (Wildman–Crippen MR) is 112 cm³/mol. The van der Waals surface area contributed by atoms with Gasteiger partial charge in [0.1, 0.15) is 11.7 Å². The summed E-state index contributed by atoms with van der Waals surface area (Å²) in [6.07, 6.45) is 0. The molecule has 0 spiro atoms. The molecule has 0 saturated heterocycles. The Morgan fingerprint density at radius 1 is 0.967 bits per heavy atom. The number of fused-ring (bicyclic) bond motifs is 1. The van der Waals surface area contributed by atoms with E-state index < -0.39 is 17.6 Å². The van der Waals surface area contributed by atoms with Crippen molar-refractivity contribution in [1.29, 1.82) is 0 Å². The molecule has 3 aromatic carbocycles. The third-order valence-corrected chi connectivity index (χ3v) is 5.13. The van der Waals surface area contributed by atoms with Crippen molar-refractivity contribution in [1.82, 2.24) is 0 Å². The zero-order chi connectivity index (χ0) is 21.3. The van der Waals surface area contributed by atoms with Crippen molar-refractivity contribution in [3.05, 3.63) is 95.3 Å². The quantitative estimate of drug-likeness (QED) is 0.515. The number of hydrogen-bond donors (Lipinski definition) is 1. The molecule has 0 radical (unpaired) electrons. The van der Waals surface area contributed by atoms with Crippen molar-refractivity contribution in [2.75, 3.05) is 16.8 Å². The number of carbonyl (C=O) groups excluding carboxylic acids is 3. The number of carbonyl (C=O) groups is 3. The molecule has 6 heteroatoms. The van der Waals surface area contributed by atoms with Crippen LogP contribution in [0.2, 0.25) is 0 Å². The van der Waals surface area contributed by atoms with Crippen molar-refractivity contribution in [2.24, 2.45) is 0 Å². The third-order valence-electron chi connectivity index (χ3n) is 5.13. The third kappa shape index (κ3) is 3.48. The summed E-state index contributed by atoms with van der Waals surface area (Å²) in [5, 5.41) is 2.67. The van der Waals surface area contributed by atoms with Gasteiger partial charge < -0.3 is 10.2 Å². The molecule has 5 nitrogen and oxygen atoms in total. The number of anilines is 2. The molecule has 0 aliphatic carbocycles. The second-order valence-corrected chi connectivity index (χ2v) is 6.98. The van der Waals surface area contributed by atoms with Crippen LogP contribution in [0, 0.1) is 5.82 Å². The fourth-order valence-corrected chi connectivity index (χ4v) is 3.66. The maximum Gasteiger partial charge on any atom is 0.244 e. The highest BCUT2D eigenvalue weighted by molar-refractivity contribution is 6.21. The molecule has 1 atom stereocenters. The van der Waals surface area contributed by atoms with Crippen LogP contribution in [0.25, 0.3) is 0 Å². The molecule has 0 fully saturated rings. The minimum absolute atomic E-state index is 0.182. The van der Waals surface area contributed by atoms with Crippen LogP contribution < -0.4 is 10.2 Å². The molecule has 2 amide bonds.